The lowest BCUT2D eigenvalue weighted by Crippen LogP contribution is -2.31. The van der Waals surface area contributed by atoms with Crippen molar-refractivity contribution in [2.24, 2.45) is 10.9 Å². The average Bonchev–Trinajstić information content (AvgIpc) is 3.14. The molecular formula is C11H13BrN4O2. The quantitative estimate of drug-likeness (QED) is 0.296. The third-order valence-corrected chi connectivity index (χ3v) is 3.02. The number of amides is 2. The Morgan fingerprint density at radius 3 is 2.83 bits per heavy atom. The number of nitrogens with zero attached hydrogens (tertiary/aromatic N) is 1. The lowest BCUT2D eigenvalue weighted by molar-refractivity contribution is 0.251. The van der Waals surface area contributed by atoms with Gasteiger partial charge in [-0.15, -0.1) is 0 Å². The molecule has 1 saturated carbocycles. The first-order valence-corrected chi connectivity index (χ1v) is 6.24. The van der Waals surface area contributed by atoms with E-state index in [-0.39, 0.29) is 17.9 Å². The minimum Gasteiger partial charge on any atom is -0.409 e. The zero-order chi connectivity index (χ0) is 13.1. The van der Waals surface area contributed by atoms with Crippen molar-refractivity contribution >= 4 is 33.5 Å². The van der Waals surface area contributed by atoms with Crippen LogP contribution in [0.2, 0.25) is 0 Å². The maximum absolute atomic E-state index is 11.6. The summed E-state index contributed by atoms with van der Waals surface area (Å²) in [5.41, 5.74) is 6.51. The highest BCUT2D eigenvalue weighted by molar-refractivity contribution is 9.10. The summed E-state index contributed by atoms with van der Waals surface area (Å²) < 4.78 is 0.775. The number of halogens is 1. The number of hydrogen-bond donors (Lipinski definition) is 4. The van der Waals surface area contributed by atoms with Crippen molar-refractivity contribution in [3.05, 3.63) is 28.2 Å². The van der Waals surface area contributed by atoms with Crippen molar-refractivity contribution in [1.29, 1.82) is 0 Å². The predicted octanol–water partition coefficient (Wildman–Crippen LogP) is 1.83. The Labute approximate surface area is 112 Å². The third-order valence-electron chi connectivity index (χ3n) is 2.53. The number of rotatable bonds is 3. The van der Waals surface area contributed by atoms with Crippen LogP contribution >= 0.6 is 15.9 Å². The number of hydrogen-bond acceptors (Lipinski definition) is 3. The van der Waals surface area contributed by atoms with E-state index in [0.29, 0.717) is 11.3 Å². The second-order valence-corrected chi connectivity index (χ2v) is 4.96. The van der Waals surface area contributed by atoms with E-state index in [1.807, 2.05) is 0 Å². The van der Waals surface area contributed by atoms with Gasteiger partial charge in [-0.25, -0.2) is 4.79 Å². The zero-order valence-corrected chi connectivity index (χ0v) is 11.1. The molecule has 0 aromatic heterocycles. The van der Waals surface area contributed by atoms with Crippen molar-refractivity contribution in [3.63, 3.8) is 0 Å². The van der Waals surface area contributed by atoms with E-state index in [1.165, 1.54) is 0 Å². The van der Waals surface area contributed by atoms with Gasteiger partial charge in [-0.2, -0.15) is 0 Å². The molecule has 0 spiro atoms. The third kappa shape index (κ3) is 3.13. The molecule has 0 radical (unpaired) electrons. The molecule has 1 aromatic rings. The first-order chi connectivity index (χ1) is 8.60. The predicted molar refractivity (Wildman–Crippen MR) is 71.8 cm³/mol. The van der Waals surface area contributed by atoms with Gasteiger partial charge >= 0.3 is 6.03 Å². The Kier molecular flexibility index (Phi) is 3.71. The highest BCUT2D eigenvalue weighted by Crippen LogP contribution is 2.22. The fourth-order valence-electron chi connectivity index (χ4n) is 1.46. The highest BCUT2D eigenvalue weighted by atomic mass is 79.9. The molecule has 0 atom stereocenters. The summed E-state index contributed by atoms with van der Waals surface area (Å²) in [4.78, 5) is 11.6. The number of carbonyl (C=O) groups is 1. The van der Waals surface area contributed by atoms with E-state index >= 15 is 0 Å². The normalized spacial score (nSPS) is 15.3. The number of carbonyl (C=O) groups excluding carboxylic acids is 1. The Balaban J connectivity index is 2.17. The van der Waals surface area contributed by atoms with E-state index in [4.69, 9.17) is 10.9 Å². The van der Waals surface area contributed by atoms with Crippen LogP contribution in [0, 0.1) is 0 Å². The van der Waals surface area contributed by atoms with Gasteiger partial charge in [0.25, 0.3) is 0 Å². The van der Waals surface area contributed by atoms with Gasteiger partial charge in [0.05, 0.1) is 5.69 Å². The summed E-state index contributed by atoms with van der Waals surface area (Å²) in [7, 11) is 0. The fraction of sp³-hybridized carbons (Fsp3) is 0.273. The molecule has 6 nitrogen and oxygen atoms in total. The Morgan fingerprint density at radius 2 is 2.22 bits per heavy atom. The smallest absolute Gasteiger partial charge is 0.319 e. The first-order valence-electron chi connectivity index (χ1n) is 5.45. The monoisotopic (exact) mass is 312 g/mol. The van der Waals surface area contributed by atoms with Crippen molar-refractivity contribution in [3.8, 4) is 0 Å². The van der Waals surface area contributed by atoms with Gasteiger partial charge in [-0.05, 0) is 31.0 Å². The first kappa shape index (κ1) is 12.7. The SMILES string of the molecule is N/C(=N/O)c1cc(Br)ccc1NC(=O)NC1CC1. The van der Waals surface area contributed by atoms with Crippen LogP contribution < -0.4 is 16.4 Å². The Bertz CT molecular complexity index is 500. The summed E-state index contributed by atoms with van der Waals surface area (Å²) >= 11 is 3.29. The molecule has 1 fully saturated rings. The van der Waals surface area contributed by atoms with Crippen LogP contribution in [-0.2, 0) is 0 Å². The lowest BCUT2D eigenvalue weighted by atomic mass is 10.1. The summed E-state index contributed by atoms with van der Waals surface area (Å²) in [6.07, 6.45) is 2.03. The molecule has 7 heteroatoms. The fourth-order valence-corrected chi connectivity index (χ4v) is 1.82. The number of amidine groups is 1. The molecule has 0 bridgehead atoms. The molecule has 5 N–H and O–H groups in total. The van der Waals surface area contributed by atoms with Crippen LogP contribution in [0.5, 0.6) is 0 Å². The van der Waals surface area contributed by atoms with Gasteiger partial charge in [0.15, 0.2) is 5.84 Å². The number of anilines is 1. The summed E-state index contributed by atoms with van der Waals surface area (Å²) in [5.74, 6) is -0.0574. The largest absolute Gasteiger partial charge is 0.409 e. The minimum atomic E-state index is -0.285. The molecule has 2 amide bonds. The molecule has 0 saturated heterocycles. The number of nitrogens with two attached hydrogens (primary N) is 1. The van der Waals surface area contributed by atoms with E-state index < -0.39 is 0 Å². The molecule has 0 unspecified atom stereocenters. The van der Waals surface area contributed by atoms with Crippen LogP contribution in [0.25, 0.3) is 0 Å². The Hall–Kier alpha value is -1.76. The summed E-state index contributed by atoms with van der Waals surface area (Å²) in [6, 6.07) is 5.10. The molecule has 0 heterocycles. The second-order valence-electron chi connectivity index (χ2n) is 4.05. The molecule has 1 aliphatic carbocycles. The van der Waals surface area contributed by atoms with Crippen LogP contribution in [0.15, 0.2) is 27.8 Å². The van der Waals surface area contributed by atoms with Gasteiger partial charge in [0.2, 0.25) is 0 Å². The number of nitrogens with one attached hydrogen (secondary N) is 2. The van der Waals surface area contributed by atoms with E-state index in [0.717, 1.165) is 17.3 Å². The van der Waals surface area contributed by atoms with Crippen molar-refractivity contribution in [2.75, 3.05) is 5.32 Å². The van der Waals surface area contributed by atoms with Crippen molar-refractivity contribution in [1.82, 2.24) is 5.32 Å². The molecule has 1 aromatic carbocycles. The van der Waals surface area contributed by atoms with Crippen LogP contribution in [0.4, 0.5) is 10.5 Å². The topological polar surface area (TPSA) is 99.7 Å². The van der Waals surface area contributed by atoms with Crippen molar-refractivity contribution < 1.29 is 10.0 Å². The van der Waals surface area contributed by atoms with Crippen LogP contribution in [0.3, 0.4) is 0 Å². The zero-order valence-electron chi connectivity index (χ0n) is 9.48. The van der Waals surface area contributed by atoms with Gasteiger partial charge in [0.1, 0.15) is 0 Å². The molecule has 0 aliphatic heterocycles. The van der Waals surface area contributed by atoms with Gasteiger partial charge in [-0.1, -0.05) is 21.1 Å². The second kappa shape index (κ2) is 5.26. The van der Waals surface area contributed by atoms with E-state index in [2.05, 4.69) is 31.7 Å². The van der Waals surface area contributed by atoms with Crippen molar-refractivity contribution in [2.45, 2.75) is 18.9 Å². The van der Waals surface area contributed by atoms with Crippen LogP contribution in [0.1, 0.15) is 18.4 Å². The summed E-state index contributed by atoms with van der Waals surface area (Å²) in [5, 5.41) is 17.1. The maximum Gasteiger partial charge on any atom is 0.319 e. The van der Waals surface area contributed by atoms with Gasteiger partial charge in [0, 0.05) is 16.1 Å². The van der Waals surface area contributed by atoms with Crippen LogP contribution in [-0.4, -0.2) is 23.1 Å². The number of benzene rings is 1. The summed E-state index contributed by atoms with van der Waals surface area (Å²) in [6.45, 7) is 0. The average molecular weight is 313 g/mol. The minimum absolute atomic E-state index is 0.0574. The molecule has 2 rings (SSSR count). The molecule has 1 aliphatic rings. The van der Waals surface area contributed by atoms with Gasteiger partial charge < -0.3 is 21.6 Å². The van der Waals surface area contributed by atoms with E-state index in [1.54, 1.807) is 18.2 Å². The van der Waals surface area contributed by atoms with Gasteiger partial charge in [-0.3, -0.25) is 0 Å². The molecule has 96 valence electrons. The maximum atomic E-state index is 11.6. The standard InChI is InChI=1S/C11H13BrN4O2/c12-6-1-4-9(8(5-6)10(13)16-18)15-11(17)14-7-2-3-7/h1,4-5,7,18H,2-3H2,(H2,13,16)(H2,14,15,17). The number of oxime groups is 1. The lowest BCUT2D eigenvalue weighted by Gasteiger charge is -2.11. The molecular weight excluding hydrogens is 300 g/mol. The number of urea groups is 1. The Morgan fingerprint density at radius 1 is 1.50 bits per heavy atom. The van der Waals surface area contributed by atoms with E-state index in [9.17, 15) is 4.79 Å². The molecule has 18 heavy (non-hydrogen) atoms. The highest BCUT2D eigenvalue weighted by Gasteiger charge is 2.23.